The molecule has 0 radical (unpaired) electrons. The van der Waals surface area contributed by atoms with Crippen molar-refractivity contribution >= 4 is 5.97 Å². The van der Waals surface area contributed by atoms with Gasteiger partial charge in [-0.25, -0.2) is 9.78 Å². The normalized spacial score (nSPS) is 10.5. The summed E-state index contributed by atoms with van der Waals surface area (Å²) in [6, 6.07) is 0. The zero-order chi connectivity index (χ0) is 8.43. The smallest absolute Gasteiger partial charge is 0.392 e. The molecule has 0 bridgehead atoms. The van der Waals surface area contributed by atoms with E-state index in [4.69, 9.17) is 5.11 Å². The summed E-state index contributed by atoms with van der Waals surface area (Å²) < 4.78 is 4.68. The van der Waals surface area contributed by atoms with Gasteiger partial charge in [0.25, 0.3) is 0 Å². The van der Waals surface area contributed by atoms with E-state index in [1.807, 2.05) is 13.8 Å². The molecule has 0 spiro atoms. The Morgan fingerprint density at radius 3 is 2.64 bits per heavy atom. The van der Waals surface area contributed by atoms with Crippen LogP contribution in [0.3, 0.4) is 0 Å². The lowest BCUT2D eigenvalue weighted by molar-refractivity contribution is 0.0653. The number of aromatic carboxylic acids is 1. The first-order valence-electron chi connectivity index (χ1n) is 3.30. The third-order valence-electron chi connectivity index (χ3n) is 1.30. The van der Waals surface area contributed by atoms with Crippen LogP contribution in [0.2, 0.25) is 0 Å². The van der Waals surface area contributed by atoms with Gasteiger partial charge in [-0.05, 0) is 5.92 Å². The zero-order valence-electron chi connectivity index (χ0n) is 6.37. The van der Waals surface area contributed by atoms with Gasteiger partial charge >= 0.3 is 11.9 Å². The molecule has 1 N–H and O–H groups in total. The van der Waals surface area contributed by atoms with E-state index in [1.165, 1.54) is 6.26 Å². The van der Waals surface area contributed by atoms with Gasteiger partial charge in [0.2, 0.25) is 0 Å². The fourth-order valence-corrected chi connectivity index (χ4v) is 0.650. The van der Waals surface area contributed by atoms with E-state index in [1.54, 1.807) is 0 Å². The maximum Gasteiger partial charge on any atom is 0.392 e. The Hall–Kier alpha value is -1.32. The van der Waals surface area contributed by atoms with Crippen molar-refractivity contribution in [2.45, 2.75) is 19.8 Å². The Labute approximate surface area is 63.9 Å². The first-order valence-corrected chi connectivity index (χ1v) is 3.30. The lowest BCUT2D eigenvalue weighted by atomic mass is 10.2. The molecule has 0 aromatic carbocycles. The highest BCUT2D eigenvalue weighted by atomic mass is 16.4. The lowest BCUT2D eigenvalue weighted by Gasteiger charge is -1.93. The van der Waals surface area contributed by atoms with Gasteiger partial charge in [-0.1, -0.05) is 13.8 Å². The van der Waals surface area contributed by atoms with Crippen LogP contribution in [0.1, 0.15) is 36.1 Å². The van der Waals surface area contributed by atoms with Crippen LogP contribution in [0.5, 0.6) is 0 Å². The largest absolute Gasteiger partial charge is 0.474 e. The standard InChI is InChI=1S/C7H9NO3/c1-4(2)5-3-11-6(8-5)7(9)10/h3-4H,1-2H3,(H,9,10). The average Bonchev–Trinajstić information content (AvgIpc) is 2.33. The molecule has 0 saturated heterocycles. The van der Waals surface area contributed by atoms with Gasteiger partial charge in [-0.3, -0.25) is 0 Å². The number of nitrogens with zero attached hydrogens (tertiary/aromatic N) is 1. The van der Waals surface area contributed by atoms with Gasteiger partial charge in [0, 0.05) is 0 Å². The quantitative estimate of drug-likeness (QED) is 0.702. The molecule has 0 aliphatic rings. The summed E-state index contributed by atoms with van der Waals surface area (Å²) in [7, 11) is 0. The third-order valence-corrected chi connectivity index (χ3v) is 1.30. The molecule has 60 valence electrons. The minimum absolute atomic E-state index is 0.201. The van der Waals surface area contributed by atoms with Crippen LogP contribution in [-0.4, -0.2) is 16.1 Å². The Bertz CT molecular complexity index is 264. The van der Waals surface area contributed by atoms with Crippen molar-refractivity contribution in [2.75, 3.05) is 0 Å². The molecule has 1 aromatic heterocycles. The molecule has 0 atom stereocenters. The first-order chi connectivity index (χ1) is 5.11. The van der Waals surface area contributed by atoms with Crippen LogP contribution in [0, 0.1) is 0 Å². The van der Waals surface area contributed by atoms with E-state index in [2.05, 4.69) is 9.40 Å². The van der Waals surface area contributed by atoms with Gasteiger partial charge in [0.05, 0.1) is 5.69 Å². The van der Waals surface area contributed by atoms with Crippen molar-refractivity contribution in [3.05, 3.63) is 17.8 Å². The molecule has 11 heavy (non-hydrogen) atoms. The topological polar surface area (TPSA) is 63.3 Å². The molecular formula is C7H9NO3. The maximum atomic E-state index is 10.3. The molecule has 0 aliphatic carbocycles. The molecule has 0 aliphatic heterocycles. The molecule has 1 aromatic rings. The SMILES string of the molecule is CC(C)c1coc(C(=O)O)n1. The van der Waals surface area contributed by atoms with Crippen molar-refractivity contribution < 1.29 is 14.3 Å². The molecule has 0 saturated carbocycles. The minimum Gasteiger partial charge on any atom is -0.474 e. The van der Waals surface area contributed by atoms with Crippen LogP contribution in [0.25, 0.3) is 0 Å². The van der Waals surface area contributed by atoms with Gasteiger partial charge in [0.15, 0.2) is 0 Å². The summed E-state index contributed by atoms with van der Waals surface area (Å²) >= 11 is 0. The zero-order valence-corrected chi connectivity index (χ0v) is 6.37. The highest BCUT2D eigenvalue weighted by Crippen LogP contribution is 2.12. The van der Waals surface area contributed by atoms with Crippen LogP contribution in [0.4, 0.5) is 0 Å². The highest BCUT2D eigenvalue weighted by molar-refractivity contribution is 5.82. The lowest BCUT2D eigenvalue weighted by Crippen LogP contribution is -1.97. The van der Waals surface area contributed by atoms with Gasteiger partial charge in [-0.15, -0.1) is 0 Å². The summed E-state index contributed by atoms with van der Waals surface area (Å²) in [5, 5.41) is 8.42. The second kappa shape index (κ2) is 2.74. The molecule has 0 fully saturated rings. The summed E-state index contributed by atoms with van der Waals surface area (Å²) in [5.41, 5.74) is 0.669. The number of carbonyl (C=O) groups is 1. The van der Waals surface area contributed by atoms with Crippen LogP contribution < -0.4 is 0 Å². The average molecular weight is 155 g/mol. The fraction of sp³-hybridized carbons (Fsp3) is 0.429. The number of hydrogen-bond donors (Lipinski definition) is 1. The highest BCUT2D eigenvalue weighted by Gasteiger charge is 2.12. The second-order valence-electron chi connectivity index (χ2n) is 2.54. The summed E-state index contributed by atoms with van der Waals surface area (Å²) in [4.78, 5) is 14.0. The maximum absolute atomic E-state index is 10.3. The number of carboxylic acid groups (broad SMARTS) is 1. The van der Waals surface area contributed by atoms with Crippen molar-refractivity contribution in [1.82, 2.24) is 4.98 Å². The van der Waals surface area contributed by atoms with E-state index in [0.29, 0.717) is 5.69 Å². The van der Waals surface area contributed by atoms with Gasteiger partial charge < -0.3 is 9.52 Å². The molecule has 0 amide bonds. The monoisotopic (exact) mass is 155 g/mol. The number of aromatic nitrogens is 1. The predicted octanol–water partition coefficient (Wildman–Crippen LogP) is 1.50. The Morgan fingerprint density at radius 2 is 2.36 bits per heavy atom. The van der Waals surface area contributed by atoms with Crippen LogP contribution in [0.15, 0.2) is 10.7 Å². The predicted molar refractivity (Wildman–Crippen MR) is 37.6 cm³/mol. The first kappa shape index (κ1) is 7.78. The van der Waals surface area contributed by atoms with Crippen molar-refractivity contribution in [2.24, 2.45) is 0 Å². The number of rotatable bonds is 2. The Kier molecular flexibility index (Phi) is 1.94. The van der Waals surface area contributed by atoms with Crippen molar-refractivity contribution in [3.63, 3.8) is 0 Å². The van der Waals surface area contributed by atoms with Crippen LogP contribution >= 0.6 is 0 Å². The van der Waals surface area contributed by atoms with E-state index in [9.17, 15) is 4.79 Å². The minimum atomic E-state index is -1.13. The van der Waals surface area contributed by atoms with E-state index < -0.39 is 5.97 Å². The fourth-order valence-electron chi connectivity index (χ4n) is 0.650. The van der Waals surface area contributed by atoms with E-state index in [-0.39, 0.29) is 11.8 Å². The molecule has 0 unspecified atom stereocenters. The van der Waals surface area contributed by atoms with Crippen molar-refractivity contribution in [3.8, 4) is 0 Å². The molecule has 1 heterocycles. The summed E-state index contributed by atoms with van der Waals surface area (Å²) in [5.74, 6) is -1.17. The summed E-state index contributed by atoms with van der Waals surface area (Å²) in [6.07, 6.45) is 1.37. The Balaban J connectivity index is 2.90. The van der Waals surface area contributed by atoms with Gasteiger partial charge in [-0.2, -0.15) is 0 Å². The summed E-state index contributed by atoms with van der Waals surface area (Å²) in [6.45, 7) is 3.84. The molecular weight excluding hydrogens is 146 g/mol. The molecule has 1 rings (SSSR count). The van der Waals surface area contributed by atoms with E-state index in [0.717, 1.165) is 0 Å². The molecule has 4 heteroatoms. The van der Waals surface area contributed by atoms with E-state index >= 15 is 0 Å². The van der Waals surface area contributed by atoms with Crippen molar-refractivity contribution in [1.29, 1.82) is 0 Å². The second-order valence-corrected chi connectivity index (χ2v) is 2.54. The Morgan fingerprint density at radius 1 is 1.73 bits per heavy atom. The third kappa shape index (κ3) is 1.58. The number of oxazole rings is 1. The van der Waals surface area contributed by atoms with Crippen LogP contribution in [-0.2, 0) is 0 Å². The number of carboxylic acids is 1. The molecule has 4 nitrogen and oxygen atoms in total. The van der Waals surface area contributed by atoms with Gasteiger partial charge in [0.1, 0.15) is 6.26 Å². The number of hydrogen-bond acceptors (Lipinski definition) is 3.